The molecule has 0 spiro atoms. The summed E-state index contributed by atoms with van der Waals surface area (Å²) in [7, 11) is 6.77. The third-order valence-corrected chi connectivity index (χ3v) is 5.58. The number of methoxy groups -OCH3 is 4. The van der Waals surface area contributed by atoms with Crippen LogP contribution in [0.5, 0.6) is 23.0 Å². The number of nitrogens with zero attached hydrogens (tertiary/aromatic N) is 2. The molecule has 158 valence electrons. The number of rotatable bonds is 8. The average molecular weight is 401 g/mol. The van der Waals surface area contributed by atoms with Crippen molar-refractivity contribution in [3.63, 3.8) is 0 Å². The molecule has 3 rings (SSSR count). The molecule has 1 fully saturated rings. The van der Waals surface area contributed by atoms with Gasteiger partial charge in [0.25, 0.3) is 0 Å². The number of hydrogen-bond acceptors (Lipinski definition) is 6. The van der Waals surface area contributed by atoms with Gasteiger partial charge in [0.15, 0.2) is 11.5 Å². The lowest BCUT2D eigenvalue weighted by atomic mass is 10.1. The molecule has 0 aromatic heterocycles. The minimum absolute atomic E-state index is 0.783. The van der Waals surface area contributed by atoms with Crippen molar-refractivity contribution in [3.8, 4) is 23.0 Å². The fraction of sp³-hybridized carbons (Fsp3) is 0.478. The van der Waals surface area contributed by atoms with E-state index in [0.717, 1.165) is 67.8 Å². The molecule has 6 nitrogen and oxygen atoms in total. The fourth-order valence-corrected chi connectivity index (χ4v) is 3.79. The summed E-state index contributed by atoms with van der Waals surface area (Å²) in [4.78, 5) is 4.96. The summed E-state index contributed by atoms with van der Waals surface area (Å²) in [6.45, 7) is 8.01. The Morgan fingerprint density at radius 1 is 0.655 bits per heavy atom. The van der Waals surface area contributed by atoms with Crippen LogP contribution in [0.3, 0.4) is 0 Å². The van der Waals surface area contributed by atoms with E-state index in [4.69, 9.17) is 18.9 Å². The van der Waals surface area contributed by atoms with Crippen molar-refractivity contribution in [1.82, 2.24) is 9.80 Å². The Balaban J connectivity index is 1.60. The van der Waals surface area contributed by atoms with Crippen molar-refractivity contribution in [1.29, 1.82) is 0 Å². The van der Waals surface area contributed by atoms with E-state index < -0.39 is 0 Å². The molecule has 0 unspecified atom stereocenters. The molecule has 0 aliphatic carbocycles. The number of aryl methyl sites for hydroxylation is 1. The number of benzene rings is 2. The first-order valence-electron chi connectivity index (χ1n) is 9.95. The summed E-state index contributed by atoms with van der Waals surface area (Å²) in [5.74, 6) is 3.35. The third-order valence-electron chi connectivity index (χ3n) is 5.58. The lowest BCUT2D eigenvalue weighted by Gasteiger charge is -2.35. The van der Waals surface area contributed by atoms with Gasteiger partial charge < -0.3 is 18.9 Å². The van der Waals surface area contributed by atoms with Gasteiger partial charge in [-0.25, -0.2) is 0 Å². The predicted octanol–water partition coefficient (Wildman–Crippen LogP) is 3.35. The van der Waals surface area contributed by atoms with E-state index >= 15 is 0 Å². The van der Waals surface area contributed by atoms with Crippen molar-refractivity contribution in [2.24, 2.45) is 0 Å². The Morgan fingerprint density at radius 2 is 1.21 bits per heavy atom. The second-order valence-corrected chi connectivity index (χ2v) is 7.36. The van der Waals surface area contributed by atoms with Gasteiger partial charge in [0.1, 0.15) is 11.5 Å². The third kappa shape index (κ3) is 5.14. The van der Waals surface area contributed by atoms with Crippen molar-refractivity contribution in [3.05, 3.63) is 47.0 Å². The maximum atomic E-state index is 5.53. The van der Waals surface area contributed by atoms with Crippen LogP contribution in [0.1, 0.15) is 16.7 Å². The number of ether oxygens (including phenoxy) is 4. The van der Waals surface area contributed by atoms with E-state index in [9.17, 15) is 0 Å². The van der Waals surface area contributed by atoms with E-state index in [2.05, 4.69) is 34.9 Å². The summed E-state index contributed by atoms with van der Waals surface area (Å²) >= 11 is 0. The lowest BCUT2D eigenvalue weighted by molar-refractivity contribution is 0.121. The Morgan fingerprint density at radius 3 is 1.76 bits per heavy atom. The quantitative estimate of drug-likeness (QED) is 0.677. The van der Waals surface area contributed by atoms with Crippen LogP contribution in [0.4, 0.5) is 0 Å². The summed E-state index contributed by atoms with van der Waals surface area (Å²) in [6, 6.07) is 10.1. The molecule has 0 atom stereocenters. The van der Waals surface area contributed by atoms with Crippen molar-refractivity contribution >= 4 is 0 Å². The van der Waals surface area contributed by atoms with Gasteiger partial charge in [-0.1, -0.05) is 0 Å². The van der Waals surface area contributed by atoms with Gasteiger partial charge in [-0.05, 0) is 48.4 Å². The molecule has 29 heavy (non-hydrogen) atoms. The molecule has 0 amide bonds. The topological polar surface area (TPSA) is 43.4 Å². The molecule has 1 aliphatic heterocycles. The molecule has 6 heteroatoms. The van der Waals surface area contributed by atoms with Gasteiger partial charge in [0, 0.05) is 44.8 Å². The molecule has 0 saturated carbocycles. The van der Waals surface area contributed by atoms with Gasteiger partial charge in [-0.3, -0.25) is 9.80 Å². The first-order chi connectivity index (χ1) is 14.1. The minimum Gasteiger partial charge on any atom is -0.497 e. The summed E-state index contributed by atoms with van der Waals surface area (Å²) in [5, 5.41) is 0. The SMILES string of the molecule is COc1ccc(OC)c(CN2CCN(Cc3cc(OC)c(OC)cc3C)CC2)c1. The first-order valence-corrected chi connectivity index (χ1v) is 9.95. The van der Waals surface area contributed by atoms with Crippen LogP contribution >= 0.6 is 0 Å². The summed E-state index contributed by atoms with van der Waals surface area (Å²) < 4.78 is 21.8. The first kappa shape index (κ1) is 21.3. The van der Waals surface area contributed by atoms with Gasteiger partial charge in [-0.15, -0.1) is 0 Å². The van der Waals surface area contributed by atoms with Gasteiger partial charge in [0.2, 0.25) is 0 Å². The van der Waals surface area contributed by atoms with Crippen LogP contribution in [0.2, 0.25) is 0 Å². The number of hydrogen-bond donors (Lipinski definition) is 0. The summed E-state index contributed by atoms with van der Waals surface area (Å²) in [5.41, 5.74) is 3.67. The predicted molar refractivity (Wildman–Crippen MR) is 114 cm³/mol. The van der Waals surface area contributed by atoms with Gasteiger partial charge in [0.05, 0.1) is 28.4 Å². The smallest absolute Gasteiger partial charge is 0.161 e. The largest absolute Gasteiger partial charge is 0.497 e. The van der Waals surface area contributed by atoms with E-state index in [1.54, 1.807) is 28.4 Å². The zero-order valence-corrected chi connectivity index (χ0v) is 18.2. The van der Waals surface area contributed by atoms with Crippen molar-refractivity contribution < 1.29 is 18.9 Å². The average Bonchev–Trinajstić information content (AvgIpc) is 2.76. The molecule has 2 aromatic carbocycles. The van der Waals surface area contributed by atoms with Crippen LogP contribution < -0.4 is 18.9 Å². The van der Waals surface area contributed by atoms with Gasteiger partial charge in [-0.2, -0.15) is 0 Å². The lowest BCUT2D eigenvalue weighted by Crippen LogP contribution is -2.45. The van der Waals surface area contributed by atoms with Gasteiger partial charge >= 0.3 is 0 Å². The zero-order valence-electron chi connectivity index (χ0n) is 18.2. The Labute approximate surface area is 173 Å². The maximum Gasteiger partial charge on any atom is 0.161 e. The molecular weight excluding hydrogens is 368 g/mol. The second kappa shape index (κ2) is 9.85. The van der Waals surface area contributed by atoms with E-state index in [1.165, 1.54) is 11.1 Å². The molecule has 0 radical (unpaired) electrons. The maximum absolute atomic E-state index is 5.53. The Kier molecular flexibility index (Phi) is 7.23. The second-order valence-electron chi connectivity index (χ2n) is 7.36. The Hall–Kier alpha value is -2.44. The standard InChI is InChI=1S/C23H32N2O4/c1-17-12-22(28-4)23(29-5)14-18(17)15-24-8-10-25(11-9-24)16-19-13-20(26-2)6-7-21(19)27-3/h6-7,12-14H,8-11,15-16H2,1-5H3. The minimum atomic E-state index is 0.783. The monoisotopic (exact) mass is 400 g/mol. The van der Waals surface area contributed by atoms with E-state index in [0.29, 0.717) is 0 Å². The highest BCUT2D eigenvalue weighted by Gasteiger charge is 2.20. The highest BCUT2D eigenvalue weighted by molar-refractivity contribution is 5.47. The normalized spacial score (nSPS) is 15.2. The van der Waals surface area contributed by atoms with Crippen molar-refractivity contribution in [2.75, 3.05) is 54.6 Å². The Bertz CT molecular complexity index is 817. The molecular formula is C23H32N2O4. The highest BCUT2D eigenvalue weighted by atomic mass is 16.5. The zero-order chi connectivity index (χ0) is 20.8. The highest BCUT2D eigenvalue weighted by Crippen LogP contribution is 2.31. The van der Waals surface area contributed by atoms with Crippen LogP contribution in [-0.4, -0.2) is 64.4 Å². The number of piperazine rings is 1. The molecule has 2 aromatic rings. The fourth-order valence-electron chi connectivity index (χ4n) is 3.79. The van der Waals surface area contributed by atoms with E-state index in [-0.39, 0.29) is 0 Å². The van der Waals surface area contributed by atoms with Crippen LogP contribution in [-0.2, 0) is 13.1 Å². The molecule has 0 N–H and O–H groups in total. The van der Waals surface area contributed by atoms with Crippen molar-refractivity contribution in [2.45, 2.75) is 20.0 Å². The van der Waals surface area contributed by atoms with Crippen LogP contribution in [0.15, 0.2) is 30.3 Å². The van der Waals surface area contributed by atoms with Crippen LogP contribution in [0.25, 0.3) is 0 Å². The van der Waals surface area contributed by atoms with Crippen LogP contribution in [0, 0.1) is 6.92 Å². The molecule has 1 heterocycles. The summed E-state index contributed by atoms with van der Waals surface area (Å²) in [6.07, 6.45) is 0. The molecule has 1 saturated heterocycles. The molecule has 1 aliphatic rings. The van der Waals surface area contributed by atoms with E-state index in [1.807, 2.05) is 12.1 Å². The molecule has 0 bridgehead atoms.